The van der Waals surface area contributed by atoms with Crippen molar-refractivity contribution in [1.82, 2.24) is 4.90 Å². The summed E-state index contributed by atoms with van der Waals surface area (Å²) >= 11 is 0. The molecular weight excluding hydrogens is 212 g/mol. The molecule has 0 bridgehead atoms. The van der Waals surface area contributed by atoms with E-state index in [-0.39, 0.29) is 5.54 Å². The Hall–Kier alpha value is -0.120. The summed E-state index contributed by atoms with van der Waals surface area (Å²) in [4.78, 5) is 2.55. The molecule has 2 unspecified atom stereocenters. The summed E-state index contributed by atoms with van der Waals surface area (Å²) in [6.45, 7) is 8.25. The van der Waals surface area contributed by atoms with E-state index >= 15 is 0 Å². The Balaban J connectivity index is 2.69. The first-order valence-electron chi connectivity index (χ1n) is 7.16. The number of nitrogens with zero attached hydrogens (tertiary/aromatic N) is 1. The van der Waals surface area contributed by atoms with Crippen LogP contribution in [0.3, 0.4) is 0 Å². The molecule has 102 valence electrons. The van der Waals surface area contributed by atoms with Gasteiger partial charge in [-0.3, -0.25) is 4.90 Å². The lowest BCUT2D eigenvalue weighted by molar-refractivity contribution is 0.0202. The van der Waals surface area contributed by atoms with Crippen LogP contribution in [0.5, 0.6) is 0 Å². The molecule has 0 heterocycles. The fraction of sp³-hybridized carbons (Fsp3) is 1.00. The van der Waals surface area contributed by atoms with Gasteiger partial charge in [-0.15, -0.1) is 0 Å². The van der Waals surface area contributed by atoms with Gasteiger partial charge in [0.25, 0.3) is 0 Å². The molecule has 3 heteroatoms. The Labute approximate surface area is 107 Å². The van der Waals surface area contributed by atoms with Crippen LogP contribution in [0.15, 0.2) is 0 Å². The molecule has 0 aromatic rings. The zero-order valence-corrected chi connectivity index (χ0v) is 11.9. The average molecular weight is 242 g/mol. The van der Waals surface area contributed by atoms with Crippen molar-refractivity contribution < 1.29 is 4.74 Å². The predicted octanol–water partition coefficient (Wildman–Crippen LogP) is 2.25. The highest BCUT2D eigenvalue weighted by molar-refractivity contribution is 4.96. The number of hydrogen-bond acceptors (Lipinski definition) is 3. The molecule has 0 aromatic heterocycles. The van der Waals surface area contributed by atoms with Gasteiger partial charge in [0.05, 0.1) is 6.61 Å². The van der Waals surface area contributed by atoms with Gasteiger partial charge in [0.2, 0.25) is 0 Å². The van der Waals surface area contributed by atoms with Crippen LogP contribution in [0.25, 0.3) is 0 Å². The Bertz CT molecular complexity index is 210. The largest absolute Gasteiger partial charge is 0.383 e. The molecule has 2 atom stereocenters. The van der Waals surface area contributed by atoms with E-state index in [1.165, 1.54) is 32.1 Å². The first-order valence-corrected chi connectivity index (χ1v) is 7.16. The molecule has 17 heavy (non-hydrogen) atoms. The number of methoxy groups -OCH3 is 1. The molecule has 1 fully saturated rings. The first kappa shape index (κ1) is 14.9. The summed E-state index contributed by atoms with van der Waals surface area (Å²) in [5.41, 5.74) is 6.36. The highest BCUT2D eigenvalue weighted by Crippen LogP contribution is 2.37. The normalized spacial score (nSPS) is 29.8. The van der Waals surface area contributed by atoms with Gasteiger partial charge in [0.15, 0.2) is 0 Å². The summed E-state index contributed by atoms with van der Waals surface area (Å²) in [5, 5.41) is 0. The Kier molecular flexibility index (Phi) is 6.45. The standard InChI is InChI=1S/C14H30N2O/c1-4-13-7-6-8-14(11-13,12-15)16(5-2)9-10-17-3/h13H,4-12,15H2,1-3H3. The van der Waals surface area contributed by atoms with Crippen molar-refractivity contribution in [3.63, 3.8) is 0 Å². The summed E-state index contributed by atoms with van der Waals surface area (Å²) in [6, 6.07) is 0. The smallest absolute Gasteiger partial charge is 0.0589 e. The van der Waals surface area contributed by atoms with Gasteiger partial charge in [-0.1, -0.05) is 33.1 Å². The van der Waals surface area contributed by atoms with E-state index in [9.17, 15) is 0 Å². The molecule has 1 rings (SSSR count). The summed E-state index contributed by atoms with van der Waals surface area (Å²) in [6.07, 6.45) is 6.55. The summed E-state index contributed by atoms with van der Waals surface area (Å²) < 4.78 is 5.23. The van der Waals surface area contributed by atoms with Crippen LogP contribution >= 0.6 is 0 Å². The lowest BCUT2D eigenvalue weighted by Crippen LogP contribution is -2.57. The SMILES string of the molecule is CCC1CCCC(CN)(N(CC)CCOC)C1. The third-order valence-corrected chi connectivity index (χ3v) is 4.50. The maximum Gasteiger partial charge on any atom is 0.0589 e. The van der Waals surface area contributed by atoms with Crippen LogP contribution in [0.4, 0.5) is 0 Å². The van der Waals surface area contributed by atoms with Gasteiger partial charge in [-0.05, 0) is 25.3 Å². The van der Waals surface area contributed by atoms with E-state index in [0.717, 1.165) is 32.2 Å². The molecule has 1 saturated carbocycles. The molecule has 0 aliphatic heterocycles. The molecule has 1 aliphatic rings. The first-order chi connectivity index (χ1) is 8.22. The predicted molar refractivity (Wildman–Crippen MR) is 73.2 cm³/mol. The van der Waals surface area contributed by atoms with Crippen LogP contribution in [0.2, 0.25) is 0 Å². The van der Waals surface area contributed by atoms with Gasteiger partial charge >= 0.3 is 0 Å². The second-order valence-corrected chi connectivity index (χ2v) is 5.37. The number of rotatable bonds is 7. The number of ether oxygens (including phenoxy) is 1. The highest BCUT2D eigenvalue weighted by atomic mass is 16.5. The van der Waals surface area contributed by atoms with Crippen LogP contribution in [0.1, 0.15) is 46.0 Å². The fourth-order valence-electron chi connectivity index (χ4n) is 3.34. The van der Waals surface area contributed by atoms with Crippen molar-refractivity contribution in [2.45, 2.75) is 51.5 Å². The zero-order valence-electron chi connectivity index (χ0n) is 11.9. The Morgan fingerprint density at radius 1 is 1.41 bits per heavy atom. The van der Waals surface area contributed by atoms with E-state index in [1.54, 1.807) is 7.11 Å². The molecule has 0 spiro atoms. The van der Waals surface area contributed by atoms with Crippen molar-refractivity contribution in [3.05, 3.63) is 0 Å². The average Bonchev–Trinajstić information content (AvgIpc) is 2.39. The second kappa shape index (κ2) is 7.34. The molecule has 3 nitrogen and oxygen atoms in total. The lowest BCUT2D eigenvalue weighted by Gasteiger charge is -2.48. The summed E-state index contributed by atoms with van der Waals surface area (Å²) in [7, 11) is 1.78. The maximum atomic E-state index is 6.12. The fourth-order valence-corrected chi connectivity index (χ4v) is 3.34. The van der Waals surface area contributed by atoms with Gasteiger partial charge in [0, 0.05) is 25.7 Å². The number of likely N-dealkylation sites (N-methyl/N-ethyl adjacent to an activating group) is 1. The van der Waals surface area contributed by atoms with E-state index in [0.29, 0.717) is 0 Å². The van der Waals surface area contributed by atoms with Crippen LogP contribution in [-0.4, -0.2) is 43.8 Å². The van der Waals surface area contributed by atoms with Crippen molar-refractivity contribution in [3.8, 4) is 0 Å². The minimum absolute atomic E-state index is 0.242. The molecule has 0 aromatic carbocycles. The lowest BCUT2D eigenvalue weighted by atomic mass is 9.73. The topological polar surface area (TPSA) is 38.5 Å². The number of hydrogen-bond donors (Lipinski definition) is 1. The third kappa shape index (κ3) is 3.67. The van der Waals surface area contributed by atoms with Crippen molar-refractivity contribution in [2.24, 2.45) is 11.7 Å². The van der Waals surface area contributed by atoms with E-state index in [1.807, 2.05) is 0 Å². The quantitative estimate of drug-likeness (QED) is 0.744. The Morgan fingerprint density at radius 2 is 2.18 bits per heavy atom. The molecule has 1 aliphatic carbocycles. The van der Waals surface area contributed by atoms with E-state index in [2.05, 4.69) is 18.7 Å². The minimum atomic E-state index is 0.242. The van der Waals surface area contributed by atoms with Crippen molar-refractivity contribution >= 4 is 0 Å². The van der Waals surface area contributed by atoms with Gasteiger partial charge in [-0.2, -0.15) is 0 Å². The maximum absolute atomic E-state index is 6.12. The van der Waals surface area contributed by atoms with Crippen molar-refractivity contribution in [1.29, 1.82) is 0 Å². The minimum Gasteiger partial charge on any atom is -0.383 e. The molecule has 0 radical (unpaired) electrons. The van der Waals surface area contributed by atoms with Crippen LogP contribution in [0, 0.1) is 5.92 Å². The second-order valence-electron chi connectivity index (χ2n) is 5.37. The van der Waals surface area contributed by atoms with Gasteiger partial charge in [0.1, 0.15) is 0 Å². The third-order valence-electron chi connectivity index (χ3n) is 4.50. The van der Waals surface area contributed by atoms with E-state index in [4.69, 9.17) is 10.5 Å². The van der Waals surface area contributed by atoms with Gasteiger partial charge < -0.3 is 10.5 Å². The number of nitrogens with two attached hydrogens (primary N) is 1. The molecule has 0 amide bonds. The molecule has 0 saturated heterocycles. The van der Waals surface area contributed by atoms with Gasteiger partial charge in [-0.25, -0.2) is 0 Å². The monoisotopic (exact) mass is 242 g/mol. The Morgan fingerprint density at radius 3 is 2.71 bits per heavy atom. The highest BCUT2D eigenvalue weighted by Gasteiger charge is 2.38. The van der Waals surface area contributed by atoms with Crippen LogP contribution < -0.4 is 5.73 Å². The summed E-state index contributed by atoms with van der Waals surface area (Å²) in [5.74, 6) is 0.865. The zero-order chi connectivity index (χ0) is 12.7. The molecule has 2 N–H and O–H groups in total. The van der Waals surface area contributed by atoms with Crippen molar-refractivity contribution in [2.75, 3.05) is 33.4 Å². The van der Waals surface area contributed by atoms with Crippen LogP contribution in [-0.2, 0) is 4.74 Å². The van der Waals surface area contributed by atoms with E-state index < -0.39 is 0 Å². The molecular formula is C14H30N2O.